The number of nitrogens with zero attached hydrogens (tertiary/aromatic N) is 1. The summed E-state index contributed by atoms with van der Waals surface area (Å²) in [5, 5.41) is 9.86. The Bertz CT molecular complexity index is 593. The highest BCUT2D eigenvalue weighted by molar-refractivity contribution is 5.95. The lowest BCUT2D eigenvalue weighted by atomic mass is 9.96. The van der Waals surface area contributed by atoms with E-state index in [0.29, 0.717) is 18.5 Å². The highest BCUT2D eigenvalue weighted by atomic mass is 16.3. The van der Waals surface area contributed by atoms with Crippen LogP contribution in [-0.2, 0) is 11.2 Å². The lowest BCUT2D eigenvalue weighted by Crippen LogP contribution is -2.45. The number of likely N-dealkylation sites (tertiary alicyclic amines) is 1. The van der Waals surface area contributed by atoms with Crippen molar-refractivity contribution in [3.63, 3.8) is 0 Å². The monoisotopic (exact) mass is 332 g/mol. The van der Waals surface area contributed by atoms with Gasteiger partial charge in [0.2, 0.25) is 5.91 Å². The molecule has 1 aliphatic heterocycles. The molecule has 132 valence electrons. The van der Waals surface area contributed by atoms with Crippen LogP contribution in [0.15, 0.2) is 24.3 Å². The number of primary amides is 1. The summed E-state index contributed by atoms with van der Waals surface area (Å²) < 4.78 is 0. The fourth-order valence-corrected chi connectivity index (χ4v) is 3.19. The van der Waals surface area contributed by atoms with E-state index in [2.05, 4.69) is 0 Å². The van der Waals surface area contributed by atoms with Gasteiger partial charge in [-0.3, -0.25) is 9.59 Å². The van der Waals surface area contributed by atoms with Crippen LogP contribution in [0.25, 0.3) is 0 Å². The van der Waals surface area contributed by atoms with Crippen molar-refractivity contribution in [2.24, 2.45) is 5.73 Å². The molecule has 1 atom stereocenters. The number of carbonyl (C=O) groups excluding carboxylic acids is 2. The molecule has 3 N–H and O–H groups in total. The smallest absolute Gasteiger partial charge is 0.254 e. The van der Waals surface area contributed by atoms with E-state index in [1.807, 2.05) is 24.3 Å². The van der Waals surface area contributed by atoms with E-state index >= 15 is 0 Å². The van der Waals surface area contributed by atoms with E-state index in [0.717, 1.165) is 31.2 Å². The molecule has 5 heteroatoms. The van der Waals surface area contributed by atoms with Gasteiger partial charge in [-0.25, -0.2) is 0 Å². The lowest BCUT2D eigenvalue weighted by Gasteiger charge is -2.35. The molecule has 0 aromatic heterocycles. The Labute approximate surface area is 143 Å². The van der Waals surface area contributed by atoms with Gasteiger partial charge in [0.1, 0.15) is 0 Å². The number of piperidine rings is 1. The van der Waals surface area contributed by atoms with Gasteiger partial charge < -0.3 is 15.7 Å². The van der Waals surface area contributed by atoms with Crippen molar-refractivity contribution in [2.75, 3.05) is 6.54 Å². The summed E-state index contributed by atoms with van der Waals surface area (Å²) in [7, 11) is 0. The van der Waals surface area contributed by atoms with Crippen LogP contribution in [0.1, 0.15) is 61.9 Å². The van der Waals surface area contributed by atoms with Crippen molar-refractivity contribution in [1.29, 1.82) is 0 Å². The maximum atomic E-state index is 12.9. The molecule has 1 heterocycles. The first kappa shape index (κ1) is 18.5. The molecular weight excluding hydrogens is 304 g/mol. The number of hydrogen-bond donors (Lipinski definition) is 2. The molecule has 0 spiro atoms. The zero-order valence-electron chi connectivity index (χ0n) is 14.6. The second-order valence-corrected chi connectivity index (χ2v) is 7.33. The summed E-state index contributed by atoms with van der Waals surface area (Å²) in [4.78, 5) is 25.9. The van der Waals surface area contributed by atoms with Crippen molar-refractivity contribution < 1.29 is 14.7 Å². The van der Waals surface area contributed by atoms with Gasteiger partial charge in [-0.05, 0) is 63.6 Å². The van der Waals surface area contributed by atoms with E-state index in [1.165, 1.54) is 0 Å². The van der Waals surface area contributed by atoms with Crippen LogP contribution >= 0.6 is 0 Å². The fraction of sp³-hybridized carbons (Fsp3) is 0.579. The predicted octanol–water partition coefficient (Wildman–Crippen LogP) is 2.26. The van der Waals surface area contributed by atoms with E-state index < -0.39 is 5.60 Å². The quantitative estimate of drug-likeness (QED) is 0.838. The average Bonchev–Trinajstić information content (AvgIpc) is 2.52. The lowest BCUT2D eigenvalue weighted by molar-refractivity contribution is -0.119. The molecule has 24 heavy (non-hydrogen) atoms. The molecule has 1 saturated heterocycles. The first-order valence-electron chi connectivity index (χ1n) is 8.67. The van der Waals surface area contributed by atoms with E-state index in [4.69, 9.17) is 5.73 Å². The number of aryl methyl sites for hydroxylation is 1. The molecule has 1 aliphatic rings. The molecule has 0 unspecified atom stereocenters. The fourth-order valence-electron chi connectivity index (χ4n) is 3.19. The van der Waals surface area contributed by atoms with Crippen LogP contribution in [-0.4, -0.2) is 40.0 Å². The SMILES string of the molecule is CC(C)(O)CCc1cccc(C(=O)N2CCCC[C@@H]2CC(N)=O)c1. The van der Waals surface area contributed by atoms with Crippen LogP contribution in [0.2, 0.25) is 0 Å². The summed E-state index contributed by atoms with van der Waals surface area (Å²) in [6, 6.07) is 7.46. The van der Waals surface area contributed by atoms with Gasteiger partial charge in [-0.15, -0.1) is 0 Å². The van der Waals surface area contributed by atoms with Gasteiger partial charge >= 0.3 is 0 Å². The Hall–Kier alpha value is -1.88. The highest BCUT2D eigenvalue weighted by Crippen LogP contribution is 2.23. The zero-order valence-corrected chi connectivity index (χ0v) is 14.6. The minimum Gasteiger partial charge on any atom is -0.390 e. The summed E-state index contributed by atoms with van der Waals surface area (Å²) in [6.07, 6.45) is 4.39. The maximum absolute atomic E-state index is 12.9. The summed E-state index contributed by atoms with van der Waals surface area (Å²) in [6.45, 7) is 4.24. The third kappa shape index (κ3) is 5.34. The van der Waals surface area contributed by atoms with Crippen LogP contribution in [0.5, 0.6) is 0 Å². The Kier molecular flexibility index (Phi) is 5.99. The van der Waals surface area contributed by atoms with E-state index in [-0.39, 0.29) is 24.3 Å². The normalized spacial score (nSPS) is 18.5. The van der Waals surface area contributed by atoms with Gasteiger partial charge in [0.05, 0.1) is 5.60 Å². The average molecular weight is 332 g/mol. The maximum Gasteiger partial charge on any atom is 0.254 e. The van der Waals surface area contributed by atoms with Gasteiger partial charge in [0.25, 0.3) is 5.91 Å². The zero-order chi connectivity index (χ0) is 17.7. The second-order valence-electron chi connectivity index (χ2n) is 7.33. The third-order valence-corrected chi connectivity index (χ3v) is 4.52. The molecule has 0 radical (unpaired) electrons. The van der Waals surface area contributed by atoms with Crippen molar-refractivity contribution in [3.8, 4) is 0 Å². The Morgan fingerprint density at radius 2 is 2.08 bits per heavy atom. The first-order valence-corrected chi connectivity index (χ1v) is 8.67. The standard InChI is InChI=1S/C19H28N2O3/c1-19(2,24)10-9-14-6-5-7-15(12-14)18(23)21-11-4-3-8-16(21)13-17(20)22/h5-7,12,16,24H,3-4,8-11,13H2,1-2H3,(H2,20,22)/t16-/m1/s1. The number of carbonyl (C=O) groups is 2. The molecule has 1 aromatic carbocycles. The number of benzene rings is 1. The topological polar surface area (TPSA) is 83.6 Å². The minimum absolute atomic E-state index is 0.0361. The Morgan fingerprint density at radius 3 is 2.75 bits per heavy atom. The van der Waals surface area contributed by atoms with Crippen molar-refractivity contribution >= 4 is 11.8 Å². The second kappa shape index (κ2) is 7.79. The van der Waals surface area contributed by atoms with Crippen LogP contribution in [0, 0.1) is 0 Å². The molecule has 2 amide bonds. The number of rotatable bonds is 6. The van der Waals surface area contributed by atoms with E-state index in [1.54, 1.807) is 18.7 Å². The van der Waals surface area contributed by atoms with Crippen LogP contribution in [0.4, 0.5) is 0 Å². The molecule has 0 aliphatic carbocycles. The van der Waals surface area contributed by atoms with Crippen LogP contribution < -0.4 is 5.73 Å². The Morgan fingerprint density at radius 1 is 1.33 bits per heavy atom. The van der Waals surface area contributed by atoms with Gasteiger partial charge in [-0.2, -0.15) is 0 Å². The molecular formula is C19H28N2O3. The number of aliphatic hydroxyl groups is 1. The van der Waals surface area contributed by atoms with E-state index in [9.17, 15) is 14.7 Å². The number of nitrogens with two attached hydrogens (primary N) is 1. The van der Waals surface area contributed by atoms with Gasteiger partial charge in [0, 0.05) is 24.6 Å². The molecule has 0 saturated carbocycles. The van der Waals surface area contributed by atoms with Crippen molar-refractivity contribution in [2.45, 2.75) is 64.0 Å². The highest BCUT2D eigenvalue weighted by Gasteiger charge is 2.28. The summed E-state index contributed by atoms with van der Waals surface area (Å²) in [5.41, 5.74) is 6.28. The Balaban J connectivity index is 2.11. The molecule has 2 rings (SSSR count). The molecule has 0 bridgehead atoms. The molecule has 1 fully saturated rings. The number of hydrogen-bond acceptors (Lipinski definition) is 3. The summed E-state index contributed by atoms with van der Waals surface area (Å²) in [5.74, 6) is -0.398. The predicted molar refractivity (Wildman–Crippen MR) is 93.5 cm³/mol. The van der Waals surface area contributed by atoms with Crippen LogP contribution in [0.3, 0.4) is 0 Å². The third-order valence-electron chi connectivity index (χ3n) is 4.52. The largest absolute Gasteiger partial charge is 0.390 e. The summed E-state index contributed by atoms with van der Waals surface area (Å²) >= 11 is 0. The minimum atomic E-state index is -0.723. The van der Waals surface area contributed by atoms with Gasteiger partial charge in [0.15, 0.2) is 0 Å². The first-order chi connectivity index (χ1) is 11.3. The van der Waals surface area contributed by atoms with Gasteiger partial charge in [-0.1, -0.05) is 12.1 Å². The van der Waals surface area contributed by atoms with Crippen molar-refractivity contribution in [1.82, 2.24) is 4.90 Å². The molecule has 1 aromatic rings. The number of amides is 2. The van der Waals surface area contributed by atoms with Crippen molar-refractivity contribution in [3.05, 3.63) is 35.4 Å². The molecule has 5 nitrogen and oxygen atoms in total.